The van der Waals surface area contributed by atoms with Gasteiger partial charge in [-0.2, -0.15) is 0 Å². The van der Waals surface area contributed by atoms with Gasteiger partial charge < -0.3 is 15.5 Å². The highest BCUT2D eigenvalue weighted by Gasteiger charge is 2.34. The number of carbonyl (C=O) groups is 2. The maximum absolute atomic E-state index is 12.2. The summed E-state index contributed by atoms with van der Waals surface area (Å²) < 4.78 is 0. The Hall–Kier alpha value is -1.26. The quantitative estimate of drug-likeness (QED) is 0.864. The average molecular weight is 323 g/mol. The Labute approximate surface area is 140 Å². The summed E-state index contributed by atoms with van der Waals surface area (Å²) in [4.78, 5) is 28.1. The second-order valence-electron chi connectivity index (χ2n) is 7.87. The van der Waals surface area contributed by atoms with Crippen molar-refractivity contribution in [1.82, 2.24) is 9.80 Å². The first kappa shape index (κ1) is 18.1. The number of primary amides is 1. The molecule has 132 valence electrons. The Morgan fingerprint density at radius 2 is 1.57 bits per heavy atom. The molecule has 1 heterocycles. The molecule has 5 heteroatoms. The fourth-order valence-electron chi connectivity index (χ4n) is 4.05. The second-order valence-corrected chi connectivity index (χ2v) is 7.87. The molecule has 0 aromatic rings. The van der Waals surface area contributed by atoms with E-state index in [1.54, 1.807) is 0 Å². The van der Waals surface area contributed by atoms with Gasteiger partial charge in [0, 0.05) is 31.6 Å². The zero-order valence-electron chi connectivity index (χ0n) is 15.0. The number of amides is 3. The van der Waals surface area contributed by atoms with E-state index in [4.69, 9.17) is 5.73 Å². The van der Waals surface area contributed by atoms with Crippen LogP contribution in [0.3, 0.4) is 0 Å². The van der Waals surface area contributed by atoms with Gasteiger partial charge in [-0.3, -0.25) is 4.79 Å². The summed E-state index contributed by atoms with van der Waals surface area (Å²) in [5.74, 6) is 1.40. The van der Waals surface area contributed by atoms with Crippen molar-refractivity contribution in [3.63, 3.8) is 0 Å². The lowest BCUT2D eigenvalue weighted by atomic mass is 9.85. The summed E-state index contributed by atoms with van der Waals surface area (Å²) in [6.07, 6.45) is 6.83. The number of hydrogen-bond donors (Lipinski definition) is 1. The van der Waals surface area contributed by atoms with Crippen LogP contribution in [0.5, 0.6) is 0 Å². The van der Waals surface area contributed by atoms with E-state index in [9.17, 15) is 9.59 Å². The molecule has 5 nitrogen and oxygen atoms in total. The molecule has 1 saturated carbocycles. The molecule has 23 heavy (non-hydrogen) atoms. The van der Waals surface area contributed by atoms with Crippen molar-refractivity contribution in [1.29, 1.82) is 0 Å². The van der Waals surface area contributed by atoms with Crippen LogP contribution in [-0.2, 0) is 4.79 Å². The van der Waals surface area contributed by atoms with Crippen LogP contribution in [-0.4, -0.2) is 46.9 Å². The minimum atomic E-state index is -0.281. The van der Waals surface area contributed by atoms with Crippen LogP contribution in [0.2, 0.25) is 0 Å². The first-order valence-electron chi connectivity index (χ1n) is 9.24. The fraction of sp³-hybridized carbons (Fsp3) is 0.889. The molecule has 0 atom stereocenters. The molecule has 1 aliphatic carbocycles. The van der Waals surface area contributed by atoms with E-state index in [1.165, 1.54) is 12.8 Å². The minimum Gasteiger partial charge on any atom is -0.351 e. The van der Waals surface area contributed by atoms with E-state index in [-0.39, 0.29) is 18.0 Å². The normalized spacial score (nSPS) is 26.3. The maximum Gasteiger partial charge on any atom is 0.315 e. The number of nitrogens with two attached hydrogens (primary N) is 1. The Morgan fingerprint density at radius 3 is 2.04 bits per heavy atom. The van der Waals surface area contributed by atoms with E-state index in [0.717, 1.165) is 44.7 Å². The Bertz CT molecular complexity index is 408. The molecule has 2 fully saturated rings. The molecule has 0 unspecified atom stereocenters. The van der Waals surface area contributed by atoms with Gasteiger partial charge in [-0.15, -0.1) is 0 Å². The Morgan fingerprint density at radius 1 is 1.04 bits per heavy atom. The SMILES string of the molecule is CC(C)CC(=O)N1CCC(N(C(N)=O)[C@H]2CC[C@H](C)CC2)CC1. The summed E-state index contributed by atoms with van der Waals surface area (Å²) in [6.45, 7) is 7.93. The predicted octanol–water partition coefficient (Wildman–Crippen LogP) is 2.98. The van der Waals surface area contributed by atoms with Crippen molar-refractivity contribution in [3.05, 3.63) is 0 Å². The smallest absolute Gasteiger partial charge is 0.315 e. The van der Waals surface area contributed by atoms with Crippen molar-refractivity contribution in [3.8, 4) is 0 Å². The summed E-state index contributed by atoms with van der Waals surface area (Å²) in [7, 11) is 0. The molecule has 0 aromatic carbocycles. The van der Waals surface area contributed by atoms with Crippen LogP contribution in [0.25, 0.3) is 0 Å². The first-order valence-corrected chi connectivity index (χ1v) is 9.24. The van der Waals surface area contributed by atoms with Gasteiger partial charge in [0.1, 0.15) is 0 Å². The van der Waals surface area contributed by atoms with Gasteiger partial charge in [0.25, 0.3) is 0 Å². The zero-order chi connectivity index (χ0) is 17.0. The van der Waals surface area contributed by atoms with E-state index < -0.39 is 0 Å². The van der Waals surface area contributed by atoms with Crippen molar-refractivity contribution < 1.29 is 9.59 Å². The molecular weight excluding hydrogens is 290 g/mol. The van der Waals surface area contributed by atoms with Crippen LogP contribution in [0.4, 0.5) is 4.79 Å². The lowest BCUT2D eigenvalue weighted by Crippen LogP contribution is -2.55. The first-order chi connectivity index (χ1) is 10.9. The third-order valence-corrected chi connectivity index (χ3v) is 5.43. The highest BCUT2D eigenvalue weighted by molar-refractivity contribution is 5.76. The highest BCUT2D eigenvalue weighted by Crippen LogP contribution is 2.30. The van der Waals surface area contributed by atoms with Gasteiger partial charge in [-0.25, -0.2) is 4.79 Å². The number of piperidine rings is 1. The van der Waals surface area contributed by atoms with Gasteiger partial charge in [0.15, 0.2) is 0 Å². The Balaban J connectivity index is 1.90. The van der Waals surface area contributed by atoms with Crippen molar-refractivity contribution in [2.75, 3.05) is 13.1 Å². The Kier molecular flexibility index (Phi) is 6.31. The lowest BCUT2D eigenvalue weighted by molar-refractivity contribution is -0.133. The highest BCUT2D eigenvalue weighted by atomic mass is 16.2. The van der Waals surface area contributed by atoms with Gasteiger partial charge in [-0.05, 0) is 50.4 Å². The third-order valence-electron chi connectivity index (χ3n) is 5.43. The molecular formula is C18H33N3O2. The molecule has 1 aliphatic heterocycles. The topological polar surface area (TPSA) is 66.6 Å². The number of carbonyl (C=O) groups excluding carboxylic acids is 2. The van der Waals surface area contributed by atoms with E-state index in [1.807, 2.05) is 9.80 Å². The van der Waals surface area contributed by atoms with E-state index >= 15 is 0 Å². The lowest BCUT2D eigenvalue weighted by Gasteiger charge is -2.43. The molecule has 0 aromatic heterocycles. The number of urea groups is 1. The number of nitrogens with zero attached hydrogens (tertiary/aromatic N) is 2. The summed E-state index contributed by atoms with van der Waals surface area (Å²) in [6, 6.07) is 0.220. The molecule has 2 aliphatic rings. The molecule has 0 radical (unpaired) electrons. The number of hydrogen-bond acceptors (Lipinski definition) is 2. The monoisotopic (exact) mass is 323 g/mol. The van der Waals surface area contributed by atoms with Crippen LogP contribution >= 0.6 is 0 Å². The molecule has 2 N–H and O–H groups in total. The maximum atomic E-state index is 12.2. The van der Waals surface area contributed by atoms with Crippen LogP contribution in [0.15, 0.2) is 0 Å². The fourth-order valence-corrected chi connectivity index (χ4v) is 4.05. The third kappa shape index (κ3) is 4.85. The van der Waals surface area contributed by atoms with Crippen LogP contribution < -0.4 is 5.73 Å². The molecule has 2 rings (SSSR count). The van der Waals surface area contributed by atoms with Crippen LogP contribution in [0.1, 0.15) is 65.7 Å². The summed E-state index contributed by atoms with van der Waals surface area (Å²) >= 11 is 0. The standard InChI is InChI=1S/C18H33N3O2/c1-13(2)12-17(22)20-10-8-16(9-11-20)21(18(19)23)15-6-4-14(3)5-7-15/h13-16H,4-12H2,1-3H3,(H2,19,23)/t14-,15-. The minimum absolute atomic E-state index is 0.203. The molecule has 1 saturated heterocycles. The average Bonchev–Trinajstić information content (AvgIpc) is 2.49. The number of likely N-dealkylation sites (tertiary alicyclic amines) is 1. The van der Waals surface area contributed by atoms with Gasteiger partial charge in [0.2, 0.25) is 5.91 Å². The van der Waals surface area contributed by atoms with Crippen molar-refractivity contribution >= 4 is 11.9 Å². The van der Waals surface area contributed by atoms with Gasteiger partial charge in [-0.1, -0.05) is 20.8 Å². The molecule has 3 amide bonds. The second kappa shape index (κ2) is 8.02. The zero-order valence-corrected chi connectivity index (χ0v) is 15.0. The van der Waals surface area contributed by atoms with Gasteiger partial charge in [0.05, 0.1) is 0 Å². The predicted molar refractivity (Wildman–Crippen MR) is 91.9 cm³/mol. The van der Waals surface area contributed by atoms with E-state index in [0.29, 0.717) is 18.4 Å². The largest absolute Gasteiger partial charge is 0.351 e. The van der Waals surface area contributed by atoms with E-state index in [2.05, 4.69) is 20.8 Å². The molecule has 0 spiro atoms. The summed E-state index contributed by atoms with van der Waals surface area (Å²) in [5, 5.41) is 0. The van der Waals surface area contributed by atoms with Crippen molar-refractivity contribution in [2.24, 2.45) is 17.6 Å². The number of rotatable bonds is 4. The van der Waals surface area contributed by atoms with Gasteiger partial charge >= 0.3 is 6.03 Å². The van der Waals surface area contributed by atoms with Crippen molar-refractivity contribution in [2.45, 2.75) is 77.8 Å². The molecule has 0 bridgehead atoms. The van der Waals surface area contributed by atoms with Crippen LogP contribution in [0, 0.1) is 11.8 Å². The summed E-state index contributed by atoms with van der Waals surface area (Å²) in [5.41, 5.74) is 5.70.